The number of furan rings is 1. The van der Waals surface area contributed by atoms with Crippen molar-refractivity contribution in [1.82, 2.24) is 15.5 Å². The fraction of sp³-hybridized carbons (Fsp3) is 0.400. The number of nitrogens with two attached hydrogens (primary N) is 1. The molecule has 0 spiro atoms. The lowest BCUT2D eigenvalue weighted by Gasteiger charge is -2.35. The van der Waals surface area contributed by atoms with Gasteiger partial charge in [-0.2, -0.15) is 0 Å². The highest BCUT2D eigenvalue weighted by molar-refractivity contribution is 14.0. The van der Waals surface area contributed by atoms with E-state index in [0.717, 1.165) is 18.7 Å². The van der Waals surface area contributed by atoms with Gasteiger partial charge in [-0.1, -0.05) is 12.1 Å². The largest absolute Gasteiger partial charge is 0.454 e. The average Bonchev–Trinajstić information content (AvgIpc) is 3.22. The van der Waals surface area contributed by atoms with E-state index in [1.165, 1.54) is 12.1 Å². The molecule has 164 valence electrons. The molecule has 10 heteroatoms. The Labute approximate surface area is 192 Å². The van der Waals surface area contributed by atoms with Crippen LogP contribution in [0.3, 0.4) is 0 Å². The number of halogens is 2. The maximum atomic E-state index is 13.4. The molecule has 3 rings (SSSR count). The van der Waals surface area contributed by atoms with Crippen molar-refractivity contribution in [3.05, 3.63) is 59.3 Å². The lowest BCUT2D eigenvalue weighted by atomic mass is 10.0. The average molecular weight is 531 g/mol. The molecule has 1 aliphatic rings. The van der Waals surface area contributed by atoms with Crippen molar-refractivity contribution in [1.29, 1.82) is 0 Å². The first-order valence-electron chi connectivity index (χ1n) is 9.47. The third kappa shape index (κ3) is 6.67. The van der Waals surface area contributed by atoms with Crippen LogP contribution in [0.25, 0.3) is 0 Å². The summed E-state index contributed by atoms with van der Waals surface area (Å²) in [5, 5.41) is 6.46. The van der Waals surface area contributed by atoms with Crippen molar-refractivity contribution in [2.75, 3.05) is 39.9 Å². The van der Waals surface area contributed by atoms with Crippen LogP contribution in [0.1, 0.15) is 27.9 Å². The molecule has 0 aliphatic carbocycles. The van der Waals surface area contributed by atoms with E-state index in [9.17, 15) is 9.18 Å². The number of rotatable bonds is 7. The highest BCUT2D eigenvalue weighted by Gasteiger charge is 2.23. The second kappa shape index (κ2) is 11.9. The van der Waals surface area contributed by atoms with Gasteiger partial charge in [0.15, 0.2) is 11.7 Å². The van der Waals surface area contributed by atoms with E-state index in [4.69, 9.17) is 14.9 Å². The van der Waals surface area contributed by atoms with Crippen LogP contribution in [-0.2, 0) is 11.3 Å². The Hall–Kier alpha value is -2.18. The Morgan fingerprint density at radius 3 is 2.50 bits per heavy atom. The minimum absolute atomic E-state index is 0. The van der Waals surface area contributed by atoms with E-state index in [2.05, 4.69) is 20.5 Å². The predicted octanol–water partition coefficient (Wildman–Crippen LogP) is 1.87. The van der Waals surface area contributed by atoms with Gasteiger partial charge in [0, 0.05) is 26.7 Å². The molecule has 30 heavy (non-hydrogen) atoms. The van der Waals surface area contributed by atoms with Gasteiger partial charge in [0.25, 0.3) is 5.91 Å². The number of nitrogens with one attached hydrogen (secondary N) is 2. The number of nitrogens with zero attached hydrogens (tertiary/aromatic N) is 2. The number of amides is 1. The Morgan fingerprint density at radius 2 is 1.90 bits per heavy atom. The van der Waals surface area contributed by atoms with Crippen molar-refractivity contribution >= 4 is 35.8 Å². The van der Waals surface area contributed by atoms with Gasteiger partial charge in [-0.15, -0.1) is 24.0 Å². The molecule has 8 nitrogen and oxygen atoms in total. The molecule has 1 atom stereocenters. The molecule has 1 unspecified atom stereocenters. The van der Waals surface area contributed by atoms with Crippen molar-refractivity contribution in [2.45, 2.75) is 12.6 Å². The van der Waals surface area contributed by atoms with Crippen LogP contribution in [0.5, 0.6) is 0 Å². The topological polar surface area (TPSA) is 105 Å². The summed E-state index contributed by atoms with van der Waals surface area (Å²) in [6.45, 7) is 3.88. The lowest BCUT2D eigenvalue weighted by Crippen LogP contribution is -2.46. The summed E-state index contributed by atoms with van der Waals surface area (Å²) in [5.74, 6) is 0.418. The van der Waals surface area contributed by atoms with Crippen molar-refractivity contribution < 1.29 is 18.3 Å². The van der Waals surface area contributed by atoms with Crippen molar-refractivity contribution in [2.24, 2.45) is 10.7 Å². The van der Waals surface area contributed by atoms with Crippen molar-refractivity contribution in [3.63, 3.8) is 0 Å². The molecule has 2 heterocycles. The zero-order valence-electron chi connectivity index (χ0n) is 16.8. The Balaban J connectivity index is 0.00000320. The lowest BCUT2D eigenvalue weighted by molar-refractivity contribution is 0.0170. The van der Waals surface area contributed by atoms with Gasteiger partial charge in [0.1, 0.15) is 11.6 Å². The molecular weight excluding hydrogens is 504 g/mol. The van der Waals surface area contributed by atoms with Crippen LogP contribution in [0, 0.1) is 5.82 Å². The van der Waals surface area contributed by atoms with Crippen LogP contribution >= 0.6 is 24.0 Å². The maximum Gasteiger partial charge on any atom is 0.284 e. The van der Waals surface area contributed by atoms with E-state index >= 15 is 0 Å². The molecule has 1 saturated heterocycles. The van der Waals surface area contributed by atoms with E-state index in [-0.39, 0.29) is 41.6 Å². The second-order valence-corrected chi connectivity index (χ2v) is 6.65. The quantitative estimate of drug-likeness (QED) is 0.287. The molecule has 1 aliphatic heterocycles. The van der Waals surface area contributed by atoms with Gasteiger partial charge in [-0.3, -0.25) is 14.7 Å². The predicted molar refractivity (Wildman–Crippen MR) is 122 cm³/mol. The minimum Gasteiger partial charge on any atom is -0.454 e. The monoisotopic (exact) mass is 531 g/mol. The number of ether oxygens (including phenoxy) is 1. The van der Waals surface area contributed by atoms with Crippen molar-refractivity contribution in [3.8, 4) is 0 Å². The zero-order valence-corrected chi connectivity index (χ0v) is 19.1. The number of benzene rings is 1. The minimum atomic E-state index is -0.605. The van der Waals surface area contributed by atoms with Crippen LogP contribution in [0.4, 0.5) is 4.39 Å². The normalized spacial score (nSPS) is 15.9. The molecule has 4 N–H and O–H groups in total. The number of guanidine groups is 1. The van der Waals surface area contributed by atoms with Gasteiger partial charge < -0.3 is 25.5 Å². The molecule has 1 aromatic heterocycles. The van der Waals surface area contributed by atoms with Gasteiger partial charge in [0.2, 0.25) is 0 Å². The van der Waals surface area contributed by atoms with Crippen LogP contribution < -0.4 is 16.4 Å². The summed E-state index contributed by atoms with van der Waals surface area (Å²) in [5.41, 5.74) is 6.22. The molecular formula is C20H27FIN5O3. The van der Waals surface area contributed by atoms with Gasteiger partial charge >= 0.3 is 0 Å². The number of carbonyl (C=O) groups is 1. The van der Waals surface area contributed by atoms with E-state index in [1.54, 1.807) is 19.2 Å². The van der Waals surface area contributed by atoms with Crippen LogP contribution in [0.15, 0.2) is 45.8 Å². The first kappa shape index (κ1) is 24.1. The van der Waals surface area contributed by atoms with Gasteiger partial charge in [-0.05, 0) is 29.8 Å². The van der Waals surface area contributed by atoms with Gasteiger partial charge in [0.05, 0.1) is 25.8 Å². The SMILES string of the molecule is CN=C(NCc1ccc(C(N)=O)o1)NCC(c1ccc(F)cc1)N1CCOCC1.I. The molecule has 1 amide bonds. The summed E-state index contributed by atoms with van der Waals surface area (Å²) in [6.07, 6.45) is 0. The molecule has 1 aromatic carbocycles. The molecule has 0 saturated carbocycles. The number of hydrogen-bond donors (Lipinski definition) is 3. The third-order valence-corrected chi connectivity index (χ3v) is 4.76. The third-order valence-electron chi connectivity index (χ3n) is 4.76. The van der Waals surface area contributed by atoms with Crippen LogP contribution in [-0.4, -0.2) is 56.7 Å². The smallest absolute Gasteiger partial charge is 0.284 e. The Bertz CT molecular complexity index is 837. The first-order valence-corrected chi connectivity index (χ1v) is 9.47. The van der Waals surface area contributed by atoms with Crippen LogP contribution in [0.2, 0.25) is 0 Å². The van der Waals surface area contributed by atoms with E-state index in [1.807, 2.05) is 12.1 Å². The summed E-state index contributed by atoms with van der Waals surface area (Å²) in [4.78, 5) is 17.7. The Kier molecular flexibility index (Phi) is 9.53. The molecule has 1 fully saturated rings. The number of carbonyl (C=O) groups excluding carboxylic acids is 1. The molecule has 0 radical (unpaired) electrons. The van der Waals surface area contributed by atoms with E-state index < -0.39 is 5.91 Å². The molecule has 2 aromatic rings. The highest BCUT2D eigenvalue weighted by atomic mass is 127. The van der Waals surface area contributed by atoms with Gasteiger partial charge in [-0.25, -0.2) is 4.39 Å². The summed E-state index contributed by atoms with van der Waals surface area (Å²) in [6, 6.07) is 9.84. The number of morpholine rings is 1. The Morgan fingerprint density at radius 1 is 1.20 bits per heavy atom. The fourth-order valence-electron chi connectivity index (χ4n) is 3.22. The fourth-order valence-corrected chi connectivity index (χ4v) is 3.22. The first-order chi connectivity index (χ1) is 14.1. The van der Waals surface area contributed by atoms with E-state index in [0.29, 0.717) is 38.0 Å². The second-order valence-electron chi connectivity index (χ2n) is 6.65. The number of aliphatic imine (C=N–C) groups is 1. The highest BCUT2D eigenvalue weighted by Crippen LogP contribution is 2.21. The number of primary amides is 1. The summed E-state index contributed by atoms with van der Waals surface area (Å²) >= 11 is 0. The number of hydrogen-bond acceptors (Lipinski definition) is 5. The maximum absolute atomic E-state index is 13.4. The molecule has 0 bridgehead atoms. The summed E-state index contributed by atoms with van der Waals surface area (Å²) < 4.78 is 24.2. The zero-order chi connectivity index (χ0) is 20.6. The summed E-state index contributed by atoms with van der Waals surface area (Å²) in [7, 11) is 1.67. The standard InChI is InChI=1S/C20H26FN5O3.HI/c1-23-20(24-12-16-6-7-18(29-16)19(22)27)25-13-17(26-8-10-28-11-9-26)14-2-4-15(21)5-3-14;/h2-7,17H,8-13H2,1H3,(H2,22,27)(H2,23,24,25);1H.